The van der Waals surface area contributed by atoms with Crippen LogP contribution in [0.25, 0.3) is 0 Å². The standard InChI is InChI=1S/C15H21NO3/c1-4-11(12-8-6-5-7-9-12)10-13(17)16-15(2,3)14(18)19/h5-9,11H,4,10H2,1-3H3,(H,16,17)(H,18,19). The van der Waals surface area contributed by atoms with Gasteiger partial charge in [0.25, 0.3) is 0 Å². The van der Waals surface area contributed by atoms with Crippen molar-refractivity contribution in [1.29, 1.82) is 0 Å². The number of rotatable bonds is 6. The van der Waals surface area contributed by atoms with E-state index >= 15 is 0 Å². The van der Waals surface area contributed by atoms with Gasteiger partial charge in [-0.15, -0.1) is 0 Å². The molecule has 1 atom stereocenters. The van der Waals surface area contributed by atoms with Crippen LogP contribution < -0.4 is 5.32 Å². The third-order valence-electron chi connectivity index (χ3n) is 3.18. The van der Waals surface area contributed by atoms with E-state index in [-0.39, 0.29) is 11.8 Å². The lowest BCUT2D eigenvalue weighted by Crippen LogP contribution is -2.49. The second-order valence-corrected chi connectivity index (χ2v) is 5.20. The second kappa shape index (κ2) is 6.36. The summed E-state index contributed by atoms with van der Waals surface area (Å²) in [6, 6.07) is 9.80. The second-order valence-electron chi connectivity index (χ2n) is 5.20. The molecule has 0 radical (unpaired) electrons. The van der Waals surface area contributed by atoms with E-state index in [1.807, 2.05) is 37.3 Å². The van der Waals surface area contributed by atoms with Gasteiger partial charge in [-0.2, -0.15) is 0 Å². The molecule has 0 aliphatic rings. The lowest BCUT2D eigenvalue weighted by Gasteiger charge is -2.23. The van der Waals surface area contributed by atoms with Crippen LogP contribution in [0, 0.1) is 0 Å². The van der Waals surface area contributed by atoms with E-state index in [1.165, 1.54) is 13.8 Å². The van der Waals surface area contributed by atoms with Crippen LogP contribution in [0.2, 0.25) is 0 Å². The van der Waals surface area contributed by atoms with Gasteiger partial charge in [0.1, 0.15) is 5.54 Å². The molecule has 2 N–H and O–H groups in total. The van der Waals surface area contributed by atoms with Gasteiger partial charge in [0, 0.05) is 6.42 Å². The fourth-order valence-electron chi connectivity index (χ4n) is 1.90. The Labute approximate surface area is 113 Å². The maximum atomic E-state index is 11.9. The van der Waals surface area contributed by atoms with Crippen molar-refractivity contribution in [1.82, 2.24) is 5.32 Å². The molecule has 104 valence electrons. The molecule has 0 saturated heterocycles. The Morgan fingerprint density at radius 3 is 2.32 bits per heavy atom. The van der Waals surface area contributed by atoms with E-state index in [4.69, 9.17) is 5.11 Å². The summed E-state index contributed by atoms with van der Waals surface area (Å²) < 4.78 is 0. The van der Waals surface area contributed by atoms with Gasteiger partial charge >= 0.3 is 5.97 Å². The average molecular weight is 263 g/mol. The number of aliphatic carboxylic acids is 1. The highest BCUT2D eigenvalue weighted by molar-refractivity contribution is 5.86. The first-order valence-corrected chi connectivity index (χ1v) is 6.46. The molecule has 0 bridgehead atoms. The molecule has 0 aliphatic heterocycles. The van der Waals surface area contributed by atoms with E-state index in [0.717, 1.165) is 12.0 Å². The summed E-state index contributed by atoms with van der Waals surface area (Å²) in [6.45, 7) is 4.99. The Morgan fingerprint density at radius 2 is 1.84 bits per heavy atom. The number of carboxylic acid groups (broad SMARTS) is 1. The zero-order valence-corrected chi connectivity index (χ0v) is 11.6. The normalized spacial score (nSPS) is 12.8. The SMILES string of the molecule is CCC(CC(=O)NC(C)(C)C(=O)O)c1ccccc1. The van der Waals surface area contributed by atoms with Gasteiger partial charge in [0.15, 0.2) is 0 Å². The number of benzene rings is 1. The molecule has 1 unspecified atom stereocenters. The largest absolute Gasteiger partial charge is 0.480 e. The molecule has 0 fully saturated rings. The molecule has 1 aromatic carbocycles. The van der Waals surface area contributed by atoms with Crippen LogP contribution in [0.1, 0.15) is 45.1 Å². The third-order valence-corrected chi connectivity index (χ3v) is 3.18. The van der Waals surface area contributed by atoms with Gasteiger partial charge in [-0.25, -0.2) is 4.79 Å². The predicted octanol–water partition coefficient (Wildman–Crippen LogP) is 2.55. The van der Waals surface area contributed by atoms with Crippen molar-refractivity contribution in [3.05, 3.63) is 35.9 Å². The van der Waals surface area contributed by atoms with Crippen LogP contribution in [-0.2, 0) is 9.59 Å². The Balaban J connectivity index is 2.67. The Kier molecular flexibility index (Phi) is 5.10. The summed E-state index contributed by atoms with van der Waals surface area (Å²) in [7, 11) is 0. The van der Waals surface area contributed by atoms with E-state index in [9.17, 15) is 9.59 Å². The third kappa shape index (κ3) is 4.39. The molecule has 1 aromatic rings. The average Bonchev–Trinajstić information content (AvgIpc) is 2.36. The fraction of sp³-hybridized carbons (Fsp3) is 0.467. The maximum absolute atomic E-state index is 11.9. The van der Waals surface area contributed by atoms with Crippen molar-refractivity contribution >= 4 is 11.9 Å². The predicted molar refractivity (Wildman–Crippen MR) is 73.9 cm³/mol. The minimum absolute atomic E-state index is 0.116. The van der Waals surface area contributed by atoms with E-state index < -0.39 is 11.5 Å². The quantitative estimate of drug-likeness (QED) is 0.829. The van der Waals surface area contributed by atoms with E-state index in [1.54, 1.807) is 0 Å². The first-order chi connectivity index (χ1) is 8.86. The number of amides is 1. The molecule has 1 rings (SSSR count). The lowest BCUT2D eigenvalue weighted by molar-refractivity contribution is -0.146. The first-order valence-electron chi connectivity index (χ1n) is 6.46. The summed E-state index contributed by atoms with van der Waals surface area (Å²) in [4.78, 5) is 22.9. The first kappa shape index (κ1) is 15.2. The number of hydrogen-bond donors (Lipinski definition) is 2. The van der Waals surface area contributed by atoms with Crippen molar-refractivity contribution in [2.45, 2.75) is 45.1 Å². The molecule has 0 heterocycles. The van der Waals surface area contributed by atoms with Crippen molar-refractivity contribution in [3.8, 4) is 0 Å². The summed E-state index contributed by atoms with van der Waals surface area (Å²) in [5, 5.41) is 11.5. The topological polar surface area (TPSA) is 66.4 Å². The number of hydrogen-bond acceptors (Lipinski definition) is 2. The number of carbonyl (C=O) groups excluding carboxylic acids is 1. The smallest absolute Gasteiger partial charge is 0.328 e. The maximum Gasteiger partial charge on any atom is 0.328 e. The molecular formula is C15H21NO3. The zero-order chi connectivity index (χ0) is 14.5. The van der Waals surface area contributed by atoms with Gasteiger partial charge in [0.2, 0.25) is 5.91 Å². The van der Waals surface area contributed by atoms with Gasteiger partial charge in [-0.3, -0.25) is 4.79 Å². The Bertz CT molecular complexity index is 440. The lowest BCUT2D eigenvalue weighted by atomic mass is 9.92. The number of nitrogens with one attached hydrogen (secondary N) is 1. The molecule has 4 heteroatoms. The molecule has 0 aromatic heterocycles. The highest BCUT2D eigenvalue weighted by Crippen LogP contribution is 2.23. The summed E-state index contributed by atoms with van der Waals surface area (Å²) in [5.41, 5.74) is -0.125. The van der Waals surface area contributed by atoms with E-state index in [2.05, 4.69) is 5.32 Å². The molecule has 0 saturated carbocycles. The number of carboxylic acids is 1. The number of carbonyl (C=O) groups is 2. The van der Waals surface area contributed by atoms with E-state index in [0.29, 0.717) is 6.42 Å². The van der Waals surface area contributed by atoms with Crippen LogP contribution in [-0.4, -0.2) is 22.5 Å². The van der Waals surface area contributed by atoms with Crippen LogP contribution in [0.4, 0.5) is 0 Å². The van der Waals surface area contributed by atoms with Gasteiger partial charge in [-0.1, -0.05) is 37.3 Å². The van der Waals surface area contributed by atoms with Crippen LogP contribution >= 0.6 is 0 Å². The van der Waals surface area contributed by atoms with Gasteiger partial charge in [0.05, 0.1) is 0 Å². The highest BCUT2D eigenvalue weighted by atomic mass is 16.4. The molecule has 0 aliphatic carbocycles. The minimum atomic E-state index is -1.23. The van der Waals surface area contributed by atoms with Crippen LogP contribution in [0.5, 0.6) is 0 Å². The molecule has 4 nitrogen and oxygen atoms in total. The monoisotopic (exact) mass is 263 g/mol. The van der Waals surface area contributed by atoms with Crippen molar-refractivity contribution in [2.75, 3.05) is 0 Å². The van der Waals surface area contributed by atoms with Crippen molar-refractivity contribution < 1.29 is 14.7 Å². The minimum Gasteiger partial charge on any atom is -0.480 e. The Hall–Kier alpha value is -1.84. The summed E-state index contributed by atoms with van der Waals surface area (Å²) >= 11 is 0. The van der Waals surface area contributed by atoms with Crippen LogP contribution in [0.15, 0.2) is 30.3 Å². The zero-order valence-electron chi connectivity index (χ0n) is 11.6. The van der Waals surface area contributed by atoms with Gasteiger partial charge in [-0.05, 0) is 31.7 Å². The molecule has 1 amide bonds. The molecule has 0 spiro atoms. The van der Waals surface area contributed by atoms with Crippen molar-refractivity contribution in [2.24, 2.45) is 0 Å². The fourth-order valence-corrected chi connectivity index (χ4v) is 1.90. The summed E-state index contributed by atoms with van der Waals surface area (Å²) in [6.07, 6.45) is 1.14. The molecule has 19 heavy (non-hydrogen) atoms. The van der Waals surface area contributed by atoms with Crippen LogP contribution in [0.3, 0.4) is 0 Å². The van der Waals surface area contributed by atoms with Gasteiger partial charge < -0.3 is 10.4 Å². The summed E-state index contributed by atoms with van der Waals surface area (Å²) in [5.74, 6) is -1.15. The Morgan fingerprint density at radius 1 is 1.26 bits per heavy atom. The van der Waals surface area contributed by atoms with Crippen molar-refractivity contribution in [3.63, 3.8) is 0 Å². The molecular weight excluding hydrogens is 242 g/mol. The highest BCUT2D eigenvalue weighted by Gasteiger charge is 2.29.